The van der Waals surface area contributed by atoms with Gasteiger partial charge in [-0.3, -0.25) is 9.59 Å². The highest BCUT2D eigenvalue weighted by Crippen LogP contribution is 2.34. The monoisotopic (exact) mass is 687 g/mol. The van der Waals surface area contributed by atoms with Crippen molar-refractivity contribution in [2.75, 3.05) is 24.8 Å². The van der Waals surface area contributed by atoms with Crippen LogP contribution in [0.25, 0.3) is 5.52 Å². The number of esters is 1. The predicted molar refractivity (Wildman–Crippen MR) is 183 cm³/mol. The summed E-state index contributed by atoms with van der Waals surface area (Å²) in [4.78, 5) is 70.2. The Morgan fingerprint density at radius 3 is 2.30 bits per heavy atom. The molecule has 0 aliphatic rings. The topological polar surface area (TPSA) is 183 Å². The zero-order chi connectivity index (χ0) is 36.2. The molecule has 4 amide bonds. The van der Waals surface area contributed by atoms with Crippen molar-refractivity contribution in [2.45, 2.75) is 60.1 Å². The summed E-state index contributed by atoms with van der Waals surface area (Å²) < 4.78 is 17.1. The van der Waals surface area contributed by atoms with E-state index >= 15 is 0 Å². The maximum absolute atomic E-state index is 13.9. The molecule has 0 saturated heterocycles. The summed E-state index contributed by atoms with van der Waals surface area (Å²) in [6, 6.07) is 12.7. The number of amides is 4. The van der Waals surface area contributed by atoms with E-state index < -0.39 is 31.0 Å². The van der Waals surface area contributed by atoms with Crippen LogP contribution >= 0.6 is 0 Å². The van der Waals surface area contributed by atoms with E-state index in [0.717, 1.165) is 23.3 Å². The fraction of sp³-hybridized carbons (Fsp3) is 0.343. The molecule has 0 aliphatic heterocycles. The van der Waals surface area contributed by atoms with Gasteiger partial charge in [-0.2, -0.15) is 5.10 Å². The van der Waals surface area contributed by atoms with Gasteiger partial charge in [0.2, 0.25) is 6.79 Å². The number of fused-ring (bicyclic) bond motifs is 1. The van der Waals surface area contributed by atoms with Crippen molar-refractivity contribution in [3.05, 3.63) is 88.9 Å². The summed E-state index contributed by atoms with van der Waals surface area (Å²) >= 11 is 0. The minimum Gasteiger partial charge on any atom is -0.445 e. The number of carbonyl (C=O) groups excluding carboxylic acids is 5. The van der Waals surface area contributed by atoms with Gasteiger partial charge in [-0.1, -0.05) is 50.2 Å². The molecular formula is C35H41N7O8. The summed E-state index contributed by atoms with van der Waals surface area (Å²) in [6.45, 7) is 8.80. The van der Waals surface area contributed by atoms with Crippen LogP contribution in [0.3, 0.4) is 0 Å². The Kier molecular flexibility index (Phi) is 12.8. The Morgan fingerprint density at radius 2 is 1.60 bits per heavy atom. The van der Waals surface area contributed by atoms with Gasteiger partial charge in [0.15, 0.2) is 5.82 Å². The molecular weight excluding hydrogens is 646 g/mol. The summed E-state index contributed by atoms with van der Waals surface area (Å²) in [5, 5.41) is 12.3. The van der Waals surface area contributed by atoms with Gasteiger partial charge in [0.1, 0.15) is 24.5 Å². The van der Waals surface area contributed by atoms with Crippen molar-refractivity contribution >= 4 is 47.0 Å². The van der Waals surface area contributed by atoms with Gasteiger partial charge >= 0.3 is 18.2 Å². The first-order chi connectivity index (χ1) is 24.0. The Hall–Kier alpha value is -5.99. The minimum atomic E-state index is -1.13. The van der Waals surface area contributed by atoms with Crippen LogP contribution in [0, 0.1) is 13.8 Å². The van der Waals surface area contributed by atoms with Gasteiger partial charge in [-0.25, -0.2) is 28.8 Å². The zero-order valence-corrected chi connectivity index (χ0v) is 28.6. The third-order valence-corrected chi connectivity index (χ3v) is 7.51. The van der Waals surface area contributed by atoms with Crippen LogP contribution in [0.4, 0.5) is 21.1 Å². The second kappa shape index (κ2) is 17.4. The number of benzene rings is 2. The van der Waals surface area contributed by atoms with Crippen LogP contribution in [0.2, 0.25) is 0 Å². The molecule has 2 heterocycles. The Balaban J connectivity index is 1.58. The van der Waals surface area contributed by atoms with Gasteiger partial charge < -0.3 is 30.2 Å². The minimum absolute atomic E-state index is 0.00509. The van der Waals surface area contributed by atoms with Crippen molar-refractivity contribution < 1.29 is 38.2 Å². The van der Waals surface area contributed by atoms with Crippen LogP contribution in [-0.4, -0.2) is 70.5 Å². The second-order valence-electron chi connectivity index (χ2n) is 11.3. The molecule has 50 heavy (non-hydrogen) atoms. The first-order valence-electron chi connectivity index (χ1n) is 16.2. The van der Waals surface area contributed by atoms with Crippen LogP contribution in [0.15, 0.2) is 61.1 Å². The van der Waals surface area contributed by atoms with Gasteiger partial charge in [0.05, 0.1) is 11.3 Å². The van der Waals surface area contributed by atoms with E-state index in [1.54, 1.807) is 50.2 Å². The average molecular weight is 688 g/mol. The number of aryl methyl sites for hydroxylation is 2. The molecule has 0 fully saturated rings. The number of rotatable bonds is 14. The molecule has 0 saturated carbocycles. The lowest BCUT2D eigenvalue weighted by Gasteiger charge is -2.24. The van der Waals surface area contributed by atoms with E-state index in [-0.39, 0.29) is 35.5 Å². The number of nitrogens with zero attached hydrogens (tertiary/aromatic N) is 4. The standard InChI is InChI=1S/C35H41N7O8/c1-6-15-36-31(43)26-14-13-22(3)28(17-26)42(30-29-23(4)27(32(44)37-16-7-2)18-41(29)39-20-38-30)35(47)50-21-49-33(45)24(5)40-34(46)48-19-25-11-9-8-10-12-25/h8-14,17-18,20,24H,6-7,15-16,19,21H2,1-5H3,(H,36,43)(H,37,44)(H,40,46). The fourth-order valence-electron chi connectivity index (χ4n) is 4.83. The highest BCUT2D eigenvalue weighted by molar-refractivity contribution is 6.05. The maximum atomic E-state index is 13.9. The number of ether oxygens (including phenoxy) is 3. The molecule has 4 rings (SSSR count). The van der Waals surface area contributed by atoms with Crippen LogP contribution in [0.5, 0.6) is 0 Å². The lowest BCUT2D eigenvalue weighted by atomic mass is 10.1. The maximum Gasteiger partial charge on any atom is 0.423 e. The Labute approximate surface area is 289 Å². The van der Waals surface area contributed by atoms with Crippen LogP contribution in [0.1, 0.15) is 71.0 Å². The molecule has 2 aromatic heterocycles. The van der Waals surface area contributed by atoms with Gasteiger partial charge in [0.25, 0.3) is 11.8 Å². The third-order valence-electron chi connectivity index (χ3n) is 7.51. The van der Waals surface area contributed by atoms with Crippen molar-refractivity contribution in [2.24, 2.45) is 0 Å². The summed E-state index contributed by atoms with van der Waals surface area (Å²) in [5.41, 5.74) is 3.03. The number of alkyl carbamates (subject to hydrolysis) is 1. The van der Waals surface area contributed by atoms with Crippen LogP contribution in [-0.2, 0) is 25.6 Å². The first kappa shape index (κ1) is 36.8. The first-order valence-corrected chi connectivity index (χ1v) is 16.2. The number of carbonyl (C=O) groups is 5. The smallest absolute Gasteiger partial charge is 0.423 e. The average Bonchev–Trinajstić information content (AvgIpc) is 3.46. The van der Waals surface area contributed by atoms with Crippen molar-refractivity contribution in [1.29, 1.82) is 0 Å². The van der Waals surface area contributed by atoms with Crippen molar-refractivity contribution in [1.82, 2.24) is 30.5 Å². The van der Waals surface area contributed by atoms with E-state index in [9.17, 15) is 24.0 Å². The molecule has 2 aromatic carbocycles. The summed E-state index contributed by atoms with van der Waals surface area (Å²) in [6.07, 6.45) is 2.37. The molecule has 1 atom stereocenters. The Bertz CT molecular complexity index is 1840. The number of hydrogen-bond acceptors (Lipinski definition) is 10. The van der Waals surface area contributed by atoms with Gasteiger partial charge in [-0.15, -0.1) is 0 Å². The van der Waals surface area contributed by atoms with Gasteiger partial charge in [0, 0.05) is 24.8 Å². The molecule has 15 nitrogen and oxygen atoms in total. The third kappa shape index (κ3) is 9.12. The Morgan fingerprint density at radius 1 is 0.900 bits per heavy atom. The quantitative estimate of drug-likeness (QED) is 0.124. The molecule has 1 unspecified atom stereocenters. The van der Waals surface area contributed by atoms with E-state index in [4.69, 9.17) is 14.2 Å². The highest BCUT2D eigenvalue weighted by atomic mass is 16.7. The SMILES string of the molecule is CCCNC(=O)c1ccc(C)c(N(C(=O)OCOC(=O)C(C)NC(=O)OCc2ccccc2)c2ncnn3cc(C(=O)NCCC)c(C)c23)c1. The van der Waals surface area contributed by atoms with E-state index in [0.29, 0.717) is 35.3 Å². The number of nitrogens with one attached hydrogen (secondary N) is 3. The van der Waals surface area contributed by atoms with Crippen LogP contribution < -0.4 is 20.9 Å². The van der Waals surface area contributed by atoms with Crippen molar-refractivity contribution in [3.8, 4) is 0 Å². The molecule has 0 spiro atoms. The van der Waals surface area contributed by atoms with Crippen molar-refractivity contribution in [3.63, 3.8) is 0 Å². The summed E-state index contributed by atoms with van der Waals surface area (Å²) in [5.74, 6) is -1.50. The molecule has 0 aliphatic carbocycles. The highest BCUT2D eigenvalue weighted by Gasteiger charge is 2.29. The van der Waals surface area contributed by atoms with Gasteiger partial charge in [-0.05, 0) is 62.4 Å². The molecule has 3 N–H and O–H groups in total. The van der Waals surface area contributed by atoms with E-state index in [2.05, 4.69) is 26.0 Å². The molecule has 4 aromatic rings. The normalized spacial score (nSPS) is 11.3. The van der Waals surface area contributed by atoms with E-state index in [1.165, 1.54) is 30.0 Å². The molecule has 15 heteroatoms. The molecule has 0 bridgehead atoms. The number of hydrogen-bond donors (Lipinski definition) is 3. The zero-order valence-electron chi connectivity index (χ0n) is 28.6. The summed E-state index contributed by atoms with van der Waals surface area (Å²) in [7, 11) is 0. The molecule has 0 radical (unpaired) electrons. The second-order valence-corrected chi connectivity index (χ2v) is 11.3. The lowest BCUT2D eigenvalue weighted by molar-refractivity contribution is -0.153. The number of aromatic nitrogens is 3. The van der Waals surface area contributed by atoms with E-state index in [1.807, 2.05) is 19.9 Å². The largest absolute Gasteiger partial charge is 0.445 e. The number of anilines is 2. The fourth-order valence-corrected chi connectivity index (χ4v) is 4.83. The predicted octanol–water partition coefficient (Wildman–Crippen LogP) is 4.72. The molecule has 264 valence electrons. The lowest BCUT2D eigenvalue weighted by Crippen LogP contribution is -2.40.